The molecule has 0 amide bonds. The van der Waals surface area contributed by atoms with Crippen LogP contribution in [0.25, 0.3) is 0 Å². The fourth-order valence-corrected chi connectivity index (χ4v) is 3.89. The molecule has 1 atom stereocenters. The van der Waals surface area contributed by atoms with Gasteiger partial charge in [0, 0.05) is 31.7 Å². The number of ether oxygens (including phenoxy) is 4. The summed E-state index contributed by atoms with van der Waals surface area (Å²) >= 11 is 0. The van der Waals surface area contributed by atoms with E-state index in [0.717, 1.165) is 50.6 Å². The first-order valence-electron chi connectivity index (χ1n) is 9.31. The highest BCUT2D eigenvalue weighted by atomic mass is 16.7. The lowest BCUT2D eigenvalue weighted by atomic mass is 9.74. The SMILES string of the molecule is CC1CN(C(N)=NCC2(c3ccc4c(c3)OCO4)CCOCC2)CCO1. The third-order valence-electron chi connectivity index (χ3n) is 5.54. The van der Waals surface area contributed by atoms with Gasteiger partial charge in [0.25, 0.3) is 0 Å². The van der Waals surface area contributed by atoms with Crippen LogP contribution in [0.3, 0.4) is 0 Å². The van der Waals surface area contributed by atoms with Crippen molar-refractivity contribution in [3.63, 3.8) is 0 Å². The number of benzene rings is 1. The highest BCUT2D eigenvalue weighted by Gasteiger charge is 2.36. The van der Waals surface area contributed by atoms with Crippen LogP contribution >= 0.6 is 0 Å². The average molecular weight is 361 g/mol. The molecule has 0 aromatic heterocycles. The van der Waals surface area contributed by atoms with E-state index in [0.29, 0.717) is 19.1 Å². The number of hydrogen-bond donors (Lipinski definition) is 1. The molecule has 0 aliphatic carbocycles. The molecule has 3 aliphatic heterocycles. The summed E-state index contributed by atoms with van der Waals surface area (Å²) in [5.41, 5.74) is 7.44. The molecular weight excluding hydrogens is 334 g/mol. The second-order valence-electron chi connectivity index (χ2n) is 7.26. The van der Waals surface area contributed by atoms with E-state index >= 15 is 0 Å². The van der Waals surface area contributed by atoms with Crippen molar-refractivity contribution in [1.29, 1.82) is 0 Å². The number of aliphatic imine (C=N–C) groups is 1. The van der Waals surface area contributed by atoms with Gasteiger partial charge in [-0.3, -0.25) is 4.99 Å². The van der Waals surface area contributed by atoms with Crippen LogP contribution in [0.2, 0.25) is 0 Å². The number of hydrogen-bond acceptors (Lipinski definition) is 5. The van der Waals surface area contributed by atoms with E-state index in [2.05, 4.69) is 24.0 Å². The van der Waals surface area contributed by atoms with Crippen LogP contribution in [0.5, 0.6) is 11.5 Å². The molecule has 0 bridgehead atoms. The van der Waals surface area contributed by atoms with Gasteiger partial charge in [0.05, 0.1) is 19.3 Å². The number of guanidine groups is 1. The summed E-state index contributed by atoms with van der Waals surface area (Å²) in [6.07, 6.45) is 2.02. The molecule has 3 heterocycles. The quantitative estimate of drug-likeness (QED) is 0.649. The van der Waals surface area contributed by atoms with Gasteiger partial charge in [0.15, 0.2) is 17.5 Å². The monoisotopic (exact) mass is 361 g/mol. The Bertz CT molecular complexity index is 673. The van der Waals surface area contributed by atoms with Crippen LogP contribution in [-0.2, 0) is 14.9 Å². The van der Waals surface area contributed by atoms with Gasteiger partial charge in [-0.15, -0.1) is 0 Å². The maximum atomic E-state index is 6.30. The van der Waals surface area contributed by atoms with E-state index in [1.807, 2.05) is 6.07 Å². The zero-order valence-electron chi connectivity index (χ0n) is 15.3. The maximum absolute atomic E-state index is 6.30. The summed E-state index contributed by atoms with van der Waals surface area (Å²) in [7, 11) is 0. The largest absolute Gasteiger partial charge is 0.454 e. The molecule has 7 heteroatoms. The molecule has 1 aromatic carbocycles. The van der Waals surface area contributed by atoms with E-state index in [4.69, 9.17) is 29.7 Å². The van der Waals surface area contributed by atoms with E-state index < -0.39 is 0 Å². The summed E-state index contributed by atoms with van der Waals surface area (Å²) in [6, 6.07) is 6.21. The maximum Gasteiger partial charge on any atom is 0.231 e. The Kier molecular flexibility index (Phi) is 4.91. The Hall–Kier alpha value is -1.99. The molecular formula is C19H27N3O4. The van der Waals surface area contributed by atoms with Gasteiger partial charge in [-0.1, -0.05) is 6.07 Å². The first-order valence-corrected chi connectivity index (χ1v) is 9.31. The summed E-state index contributed by atoms with van der Waals surface area (Å²) in [4.78, 5) is 6.90. The van der Waals surface area contributed by atoms with E-state index in [1.54, 1.807) is 0 Å². The molecule has 0 spiro atoms. The van der Waals surface area contributed by atoms with Crippen LogP contribution in [0, 0.1) is 0 Å². The third kappa shape index (κ3) is 3.46. The highest BCUT2D eigenvalue weighted by Crippen LogP contribution is 2.41. The minimum absolute atomic E-state index is 0.0816. The first kappa shape index (κ1) is 17.4. The molecule has 4 rings (SSSR count). The average Bonchev–Trinajstić information content (AvgIpc) is 3.15. The summed E-state index contributed by atoms with van der Waals surface area (Å²) < 4.78 is 22.2. The highest BCUT2D eigenvalue weighted by molar-refractivity contribution is 5.78. The van der Waals surface area contributed by atoms with Crippen molar-refractivity contribution in [3.05, 3.63) is 23.8 Å². The van der Waals surface area contributed by atoms with Crippen LogP contribution in [0.4, 0.5) is 0 Å². The van der Waals surface area contributed by atoms with Crippen molar-refractivity contribution < 1.29 is 18.9 Å². The molecule has 0 saturated carbocycles. The van der Waals surface area contributed by atoms with Crippen molar-refractivity contribution in [2.75, 3.05) is 46.2 Å². The summed E-state index contributed by atoms with van der Waals surface area (Å²) in [5, 5.41) is 0. The van der Waals surface area contributed by atoms with Crippen molar-refractivity contribution in [2.45, 2.75) is 31.3 Å². The van der Waals surface area contributed by atoms with Crippen LogP contribution < -0.4 is 15.2 Å². The normalized spacial score (nSPS) is 25.3. The van der Waals surface area contributed by atoms with Crippen LogP contribution in [0.1, 0.15) is 25.3 Å². The topological polar surface area (TPSA) is 78.5 Å². The van der Waals surface area contributed by atoms with E-state index in [9.17, 15) is 0 Å². The fraction of sp³-hybridized carbons (Fsp3) is 0.632. The number of nitrogens with zero attached hydrogens (tertiary/aromatic N) is 2. The molecule has 2 N–H and O–H groups in total. The standard InChI is InChI=1S/C19H27N3O4/c1-14-11-22(6-9-24-14)18(20)21-12-19(4-7-23-8-5-19)15-2-3-16-17(10-15)26-13-25-16/h2-3,10,14H,4-9,11-13H2,1H3,(H2,20,21). The van der Waals surface area contributed by atoms with E-state index in [1.165, 1.54) is 5.56 Å². The van der Waals surface area contributed by atoms with Crippen molar-refractivity contribution in [3.8, 4) is 11.5 Å². The number of fused-ring (bicyclic) bond motifs is 1. The molecule has 3 aliphatic rings. The minimum atomic E-state index is -0.0816. The first-order chi connectivity index (χ1) is 12.7. The van der Waals surface area contributed by atoms with Crippen molar-refractivity contribution >= 4 is 5.96 Å². The molecule has 2 fully saturated rings. The predicted molar refractivity (Wildman–Crippen MR) is 97.8 cm³/mol. The van der Waals surface area contributed by atoms with Gasteiger partial charge in [0.2, 0.25) is 6.79 Å². The van der Waals surface area contributed by atoms with E-state index in [-0.39, 0.29) is 18.3 Å². The second kappa shape index (κ2) is 7.32. The van der Waals surface area contributed by atoms with Crippen LogP contribution in [-0.4, -0.2) is 63.2 Å². The molecule has 7 nitrogen and oxygen atoms in total. The van der Waals surface area contributed by atoms with Crippen molar-refractivity contribution in [1.82, 2.24) is 4.90 Å². The molecule has 1 aromatic rings. The lowest BCUT2D eigenvalue weighted by Crippen LogP contribution is -2.48. The van der Waals surface area contributed by atoms with Crippen molar-refractivity contribution in [2.24, 2.45) is 10.7 Å². The molecule has 142 valence electrons. The van der Waals surface area contributed by atoms with Gasteiger partial charge in [-0.25, -0.2) is 0 Å². The molecule has 0 radical (unpaired) electrons. The Labute approximate surface area is 154 Å². The zero-order valence-corrected chi connectivity index (χ0v) is 15.3. The molecule has 1 unspecified atom stereocenters. The second-order valence-corrected chi connectivity index (χ2v) is 7.26. The number of rotatable bonds is 3. The van der Waals surface area contributed by atoms with Gasteiger partial charge < -0.3 is 29.6 Å². The Morgan fingerprint density at radius 1 is 1.23 bits per heavy atom. The smallest absolute Gasteiger partial charge is 0.231 e. The van der Waals surface area contributed by atoms with Gasteiger partial charge in [-0.2, -0.15) is 0 Å². The molecule has 26 heavy (non-hydrogen) atoms. The van der Waals surface area contributed by atoms with Gasteiger partial charge >= 0.3 is 0 Å². The molecule has 2 saturated heterocycles. The predicted octanol–water partition coefficient (Wildman–Crippen LogP) is 1.50. The minimum Gasteiger partial charge on any atom is -0.454 e. The Morgan fingerprint density at radius 3 is 2.85 bits per heavy atom. The zero-order chi connectivity index (χ0) is 18.0. The number of morpholine rings is 1. The Balaban J connectivity index is 1.55. The van der Waals surface area contributed by atoms with Gasteiger partial charge in [-0.05, 0) is 37.5 Å². The third-order valence-corrected chi connectivity index (χ3v) is 5.54. The lowest BCUT2D eigenvalue weighted by molar-refractivity contribution is 0.00515. The Morgan fingerprint density at radius 2 is 2.04 bits per heavy atom. The number of nitrogens with two attached hydrogens (primary N) is 1. The summed E-state index contributed by atoms with van der Waals surface area (Å²) in [5.74, 6) is 2.22. The van der Waals surface area contributed by atoms with Crippen LogP contribution in [0.15, 0.2) is 23.2 Å². The fourth-order valence-electron chi connectivity index (χ4n) is 3.89. The lowest BCUT2D eigenvalue weighted by Gasteiger charge is -2.37. The van der Waals surface area contributed by atoms with Gasteiger partial charge in [0.1, 0.15) is 0 Å². The summed E-state index contributed by atoms with van der Waals surface area (Å²) in [6.45, 7) is 6.74.